The Kier molecular flexibility index (Phi) is 8.31. The topological polar surface area (TPSA) is 153 Å². The minimum atomic E-state index is -4.28. The number of ether oxygens (including phenoxy) is 1. The lowest BCUT2D eigenvalue weighted by atomic mass is 9.92. The van der Waals surface area contributed by atoms with E-state index in [0.717, 1.165) is 10.7 Å². The summed E-state index contributed by atoms with van der Waals surface area (Å²) >= 11 is 0. The number of carbonyl (C=O) groups excluding carboxylic acids is 1. The molecule has 2 heterocycles. The van der Waals surface area contributed by atoms with E-state index in [4.69, 9.17) is 9.15 Å². The van der Waals surface area contributed by atoms with E-state index in [1.807, 2.05) is 20.8 Å². The van der Waals surface area contributed by atoms with E-state index >= 15 is 0 Å². The zero-order valence-corrected chi connectivity index (χ0v) is 23.6. The Hall–Kier alpha value is -4.49. The number of carbonyl (C=O) groups is 2. The van der Waals surface area contributed by atoms with Crippen molar-refractivity contribution in [2.24, 2.45) is 5.41 Å². The van der Waals surface area contributed by atoms with Crippen molar-refractivity contribution in [1.29, 1.82) is 0 Å². The van der Waals surface area contributed by atoms with Crippen molar-refractivity contribution in [3.05, 3.63) is 83.7 Å². The van der Waals surface area contributed by atoms with E-state index < -0.39 is 21.8 Å². The average molecular weight is 585 g/mol. The van der Waals surface area contributed by atoms with Gasteiger partial charge in [0, 0.05) is 17.7 Å². The number of benzene rings is 2. The standard InChI is InChI=1S/C28H29FN4O7S/c1-17-25(27(35)36)32-33(20-8-5-7-18(29)13-20)26(17)40-22-11-10-19(31-24(34)15-28(2,3)4)14-23(22)41(37,38)30-16-21-9-6-12-39-21/h5-14,30H,15-16H2,1-4H3,(H,31,34)(H,35,36). The Balaban J connectivity index is 1.79. The number of carboxylic acid groups (broad SMARTS) is 1. The third-order valence-corrected chi connectivity index (χ3v) is 7.18. The molecule has 0 aliphatic heterocycles. The number of hydrogen-bond acceptors (Lipinski definition) is 7. The van der Waals surface area contributed by atoms with Crippen molar-refractivity contribution in [2.75, 3.05) is 5.32 Å². The van der Waals surface area contributed by atoms with Crippen LogP contribution in [0.25, 0.3) is 5.69 Å². The summed E-state index contributed by atoms with van der Waals surface area (Å²) in [5.74, 6) is -2.24. The predicted molar refractivity (Wildman–Crippen MR) is 147 cm³/mol. The van der Waals surface area contributed by atoms with Gasteiger partial charge in [-0.05, 0) is 60.9 Å². The Labute approximate surface area is 236 Å². The van der Waals surface area contributed by atoms with Gasteiger partial charge in [-0.3, -0.25) is 4.79 Å². The first kappa shape index (κ1) is 29.5. The van der Waals surface area contributed by atoms with Gasteiger partial charge in [-0.1, -0.05) is 26.8 Å². The summed E-state index contributed by atoms with van der Waals surface area (Å²) in [5.41, 5.74) is -0.234. The number of amides is 1. The first-order valence-electron chi connectivity index (χ1n) is 12.5. The number of furan rings is 1. The summed E-state index contributed by atoms with van der Waals surface area (Å²) in [4.78, 5) is 24.1. The maximum atomic E-state index is 14.0. The van der Waals surface area contributed by atoms with Crippen molar-refractivity contribution in [2.45, 2.75) is 45.6 Å². The molecule has 0 saturated carbocycles. The molecule has 11 nitrogen and oxygen atoms in total. The van der Waals surface area contributed by atoms with Gasteiger partial charge in [0.05, 0.1) is 18.5 Å². The smallest absolute Gasteiger partial charge is 0.356 e. The summed E-state index contributed by atoms with van der Waals surface area (Å²) < 4.78 is 55.8. The molecule has 0 atom stereocenters. The minimum absolute atomic E-state index is 0.0798. The lowest BCUT2D eigenvalue weighted by Crippen LogP contribution is -2.24. The van der Waals surface area contributed by atoms with Gasteiger partial charge < -0.3 is 19.6 Å². The van der Waals surface area contributed by atoms with Crippen LogP contribution in [0.5, 0.6) is 11.6 Å². The maximum absolute atomic E-state index is 14.0. The normalized spacial score (nSPS) is 11.8. The lowest BCUT2D eigenvalue weighted by molar-refractivity contribution is -0.117. The van der Waals surface area contributed by atoms with Gasteiger partial charge in [0.25, 0.3) is 0 Å². The SMILES string of the molecule is Cc1c(C(=O)O)nn(-c2cccc(F)c2)c1Oc1ccc(NC(=O)CC(C)(C)C)cc1S(=O)(=O)NCc1ccco1. The fourth-order valence-electron chi connectivity index (χ4n) is 3.91. The van der Waals surface area contributed by atoms with Gasteiger partial charge in [0.2, 0.25) is 21.8 Å². The highest BCUT2D eigenvalue weighted by atomic mass is 32.2. The molecule has 0 bridgehead atoms. The van der Waals surface area contributed by atoms with Crippen LogP contribution in [-0.2, 0) is 21.4 Å². The van der Waals surface area contributed by atoms with E-state index in [1.54, 1.807) is 12.1 Å². The van der Waals surface area contributed by atoms with Crippen LogP contribution in [0.4, 0.5) is 10.1 Å². The molecule has 0 saturated heterocycles. The number of hydrogen-bond donors (Lipinski definition) is 3. The molecule has 0 radical (unpaired) electrons. The molecule has 13 heteroatoms. The molecule has 2 aromatic carbocycles. The molecular weight excluding hydrogens is 555 g/mol. The Morgan fingerprint density at radius 2 is 1.88 bits per heavy atom. The summed E-state index contributed by atoms with van der Waals surface area (Å²) in [6, 6.07) is 12.5. The van der Waals surface area contributed by atoms with Gasteiger partial charge in [-0.15, -0.1) is 0 Å². The van der Waals surface area contributed by atoms with E-state index in [0.29, 0.717) is 5.76 Å². The molecule has 0 fully saturated rings. The predicted octanol–water partition coefficient (Wildman–Crippen LogP) is 5.26. The summed E-state index contributed by atoms with van der Waals surface area (Å²) in [6.45, 7) is 6.96. The molecule has 2 aromatic heterocycles. The Bertz CT molecular complexity index is 1690. The van der Waals surface area contributed by atoms with E-state index in [-0.39, 0.29) is 63.4 Å². The molecule has 0 aliphatic carbocycles. The fraction of sp³-hybridized carbons (Fsp3) is 0.250. The van der Waals surface area contributed by atoms with Crippen LogP contribution in [0.15, 0.2) is 70.2 Å². The van der Waals surface area contributed by atoms with Crippen molar-refractivity contribution in [3.8, 4) is 17.3 Å². The number of rotatable bonds is 10. The van der Waals surface area contributed by atoms with Crippen molar-refractivity contribution in [1.82, 2.24) is 14.5 Å². The number of aromatic nitrogens is 2. The van der Waals surface area contributed by atoms with Crippen LogP contribution in [0.3, 0.4) is 0 Å². The monoisotopic (exact) mass is 584 g/mol. The molecule has 0 aliphatic rings. The number of halogens is 1. The van der Waals surface area contributed by atoms with Gasteiger partial charge in [0.15, 0.2) is 5.69 Å². The Morgan fingerprint density at radius 1 is 1.12 bits per heavy atom. The Morgan fingerprint density at radius 3 is 2.51 bits per heavy atom. The summed E-state index contributed by atoms with van der Waals surface area (Å²) in [7, 11) is -4.28. The molecule has 0 unspecified atom stereocenters. The lowest BCUT2D eigenvalue weighted by Gasteiger charge is -2.18. The largest absolute Gasteiger partial charge is 0.476 e. The third kappa shape index (κ3) is 7.18. The van der Waals surface area contributed by atoms with Crippen LogP contribution >= 0.6 is 0 Å². The molecule has 4 rings (SSSR count). The van der Waals surface area contributed by atoms with Crippen LogP contribution in [0, 0.1) is 18.2 Å². The number of anilines is 1. The molecule has 1 amide bonds. The van der Waals surface area contributed by atoms with Gasteiger partial charge in [0.1, 0.15) is 22.2 Å². The number of nitrogens with zero attached hydrogens (tertiary/aromatic N) is 2. The highest BCUT2D eigenvalue weighted by Crippen LogP contribution is 2.35. The average Bonchev–Trinajstić information content (AvgIpc) is 3.51. The molecular formula is C28H29FN4O7S. The quantitative estimate of drug-likeness (QED) is 0.228. The van der Waals surface area contributed by atoms with Gasteiger partial charge in [-0.25, -0.2) is 22.3 Å². The zero-order chi connectivity index (χ0) is 29.9. The van der Waals surface area contributed by atoms with E-state index in [2.05, 4.69) is 15.1 Å². The van der Waals surface area contributed by atoms with Crippen LogP contribution in [0.1, 0.15) is 49.0 Å². The van der Waals surface area contributed by atoms with E-state index in [1.165, 1.54) is 49.6 Å². The first-order valence-corrected chi connectivity index (χ1v) is 13.9. The van der Waals surface area contributed by atoms with Gasteiger partial charge in [-0.2, -0.15) is 9.78 Å². The number of nitrogens with one attached hydrogen (secondary N) is 2. The highest BCUT2D eigenvalue weighted by molar-refractivity contribution is 7.89. The second-order valence-corrected chi connectivity index (χ2v) is 12.2. The van der Waals surface area contributed by atoms with Crippen LogP contribution in [-0.4, -0.2) is 35.2 Å². The van der Waals surface area contributed by atoms with Gasteiger partial charge >= 0.3 is 5.97 Å². The van der Waals surface area contributed by atoms with Crippen molar-refractivity contribution < 1.29 is 36.7 Å². The molecule has 0 spiro atoms. The number of sulfonamides is 1. The number of carboxylic acids is 1. The summed E-state index contributed by atoms with van der Waals surface area (Å²) in [5, 5.41) is 16.4. The van der Waals surface area contributed by atoms with Crippen molar-refractivity contribution >= 4 is 27.6 Å². The molecule has 4 aromatic rings. The maximum Gasteiger partial charge on any atom is 0.356 e. The zero-order valence-electron chi connectivity index (χ0n) is 22.8. The minimum Gasteiger partial charge on any atom is -0.476 e. The second-order valence-electron chi connectivity index (χ2n) is 10.4. The second kappa shape index (κ2) is 11.6. The highest BCUT2D eigenvalue weighted by Gasteiger charge is 2.27. The fourth-order valence-corrected chi connectivity index (χ4v) is 5.06. The third-order valence-electron chi connectivity index (χ3n) is 5.75. The molecule has 216 valence electrons. The van der Waals surface area contributed by atoms with E-state index in [9.17, 15) is 27.5 Å². The first-order chi connectivity index (χ1) is 19.2. The number of aromatic carboxylic acids is 1. The van der Waals surface area contributed by atoms with Crippen LogP contribution < -0.4 is 14.8 Å². The molecule has 3 N–H and O–H groups in total. The van der Waals surface area contributed by atoms with Crippen LogP contribution in [0.2, 0.25) is 0 Å². The summed E-state index contributed by atoms with van der Waals surface area (Å²) in [6.07, 6.45) is 1.59. The van der Waals surface area contributed by atoms with Crippen molar-refractivity contribution in [3.63, 3.8) is 0 Å². The molecule has 41 heavy (non-hydrogen) atoms.